The molecule has 1 aromatic carbocycles. The van der Waals surface area contributed by atoms with Gasteiger partial charge in [-0.05, 0) is 30.9 Å². The highest BCUT2D eigenvalue weighted by molar-refractivity contribution is 5.67. The maximum Gasteiger partial charge on any atom is 0.407 e. The highest BCUT2D eigenvalue weighted by atomic mass is 16.5. The molecule has 1 rings (SSSR count). The first-order valence-corrected chi connectivity index (χ1v) is 6.54. The molecule has 0 unspecified atom stereocenters. The Morgan fingerprint density at radius 1 is 1.37 bits per heavy atom. The van der Waals surface area contributed by atoms with Crippen LogP contribution >= 0.6 is 0 Å². The summed E-state index contributed by atoms with van der Waals surface area (Å²) in [5.41, 5.74) is 6.90. The van der Waals surface area contributed by atoms with E-state index in [4.69, 9.17) is 10.5 Å². The second-order valence-corrected chi connectivity index (χ2v) is 4.29. The van der Waals surface area contributed by atoms with E-state index in [1.54, 1.807) is 6.08 Å². The monoisotopic (exact) mass is 262 g/mol. The number of rotatable bonds is 8. The quantitative estimate of drug-likeness (QED) is 0.707. The number of nitrogens with two attached hydrogens (primary N) is 1. The Morgan fingerprint density at radius 2 is 2.11 bits per heavy atom. The molecule has 1 aromatic rings. The molecule has 104 valence electrons. The summed E-state index contributed by atoms with van der Waals surface area (Å²) in [4.78, 5) is 11.3. The summed E-state index contributed by atoms with van der Waals surface area (Å²) in [6.45, 7) is 4.94. The summed E-state index contributed by atoms with van der Waals surface area (Å²) < 4.78 is 4.85. The fraction of sp³-hybridized carbons (Fsp3) is 0.400. The van der Waals surface area contributed by atoms with Crippen LogP contribution in [0.15, 0.2) is 43.0 Å². The normalized spacial score (nSPS) is 11.6. The molecule has 1 amide bonds. The largest absolute Gasteiger partial charge is 0.445 e. The smallest absolute Gasteiger partial charge is 0.407 e. The molecule has 0 heterocycles. The van der Waals surface area contributed by atoms with Crippen molar-refractivity contribution in [3.8, 4) is 0 Å². The molecule has 0 aliphatic heterocycles. The minimum atomic E-state index is -0.403. The lowest BCUT2D eigenvalue weighted by Gasteiger charge is -2.16. The number of carbonyl (C=O) groups is 1. The van der Waals surface area contributed by atoms with Gasteiger partial charge in [-0.15, -0.1) is 0 Å². The van der Waals surface area contributed by atoms with Gasteiger partial charge in [0.1, 0.15) is 6.61 Å². The van der Waals surface area contributed by atoms with Crippen molar-refractivity contribution in [1.29, 1.82) is 0 Å². The highest BCUT2D eigenvalue weighted by Gasteiger charge is 2.11. The molecule has 3 N–H and O–H groups in total. The van der Waals surface area contributed by atoms with Crippen molar-refractivity contribution in [2.24, 2.45) is 5.73 Å². The number of alkyl carbamates (subject to hydrolysis) is 1. The van der Waals surface area contributed by atoms with Crippen molar-refractivity contribution < 1.29 is 9.53 Å². The Kier molecular flexibility index (Phi) is 7.35. The molecule has 0 radical (unpaired) electrons. The van der Waals surface area contributed by atoms with E-state index in [0.717, 1.165) is 12.8 Å². The average Bonchev–Trinajstić information content (AvgIpc) is 2.45. The second-order valence-electron chi connectivity index (χ2n) is 4.29. The van der Waals surface area contributed by atoms with Gasteiger partial charge in [0.15, 0.2) is 0 Å². The zero-order chi connectivity index (χ0) is 13.9. The molecule has 0 aliphatic rings. The lowest BCUT2D eigenvalue weighted by molar-refractivity contribution is 0.158. The number of ether oxygens (including phenoxy) is 1. The third kappa shape index (κ3) is 6.06. The van der Waals surface area contributed by atoms with Gasteiger partial charge in [0.05, 0.1) is 0 Å². The average molecular weight is 262 g/mol. The maximum absolute atomic E-state index is 11.3. The molecule has 4 heteroatoms. The fourth-order valence-electron chi connectivity index (χ4n) is 1.94. The third-order valence-electron chi connectivity index (χ3n) is 2.88. The van der Waals surface area contributed by atoms with Gasteiger partial charge in [0, 0.05) is 6.54 Å². The van der Waals surface area contributed by atoms with Crippen molar-refractivity contribution in [2.45, 2.75) is 18.8 Å². The minimum absolute atomic E-state index is 0.233. The molecule has 0 saturated heterocycles. The third-order valence-corrected chi connectivity index (χ3v) is 2.88. The summed E-state index contributed by atoms with van der Waals surface area (Å²) in [5.74, 6) is 0.367. The van der Waals surface area contributed by atoms with Gasteiger partial charge in [0.2, 0.25) is 0 Å². The van der Waals surface area contributed by atoms with Gasteiger partial charge in [0.25, 0.3) is 0 Å². The zero-order valence-electron chi connectivity index (χ0n) is 11.2. The molecule has 4 nitrogen and oxygen atoms in total. The van der Waals surface area contributed by atoms with E-state index in [1.807, 2.05) is 18.2 Å². The summed E-state index contributed by atoms with van der Waals surface area (Å²) in [6, 6.07) is 10.2. The minimum Gasteiger partial charge on any atom is -0.445 e. The Balaban J connectivity index is 2.38. The van der Waals surface area contributed by atoms with Gasteiger partial charge < -0.3 is 15.8 Å². The molecule has 0 bridgehead atoms. The lowest BCUT2D eigenvalue weighted by Crippen LogP contribution is -2.26. The molecule has 0 spiro atoms. The van der Waals surface area contributed by atoms with Crippen molar-refractivity contribution in [3.05, 3.63) is 48.6 Å². The SMILES string of the molecule is C=CCOC(=O)NCC[C@H](CCN)c1ccccc1. The Morgan fingerprint density at radius 3 is 2.74 bits per heavy atom. The van der Waals surface area contributed by atoms with Crippen LogP contribution < -0.4 is 11.1 Å². The van der Waals surface area contributed by atoms with Crippen LogP contribution in [0.5, 0.6) is 0 Å². The van der Waals surface area contributed by atoms with E-state index in [1.165, 1.54) is 5.56 Å². The first-order chi connectivity index (χ1) is 9.27. The second kappa shape index (κ2) is 9.16. The van der Waals surface area contributed by atoms with Crippen LogP contribution in [0.3, 0.4) is 0 Å². The van der Waals surface area contributed by atoms with Gasteiger partial charge in [-0.3, -0.25) is 0 Å². The molecule has 0 saturated carbocycles. The lowest BCUT2D eigenvalue weighted by atomic mass is 9.92. The van der Waals surface area contributed by atoms with Crippen LogP contribution in [0, 0.1) is 0 Å². The van der Waals surface area contributed by atoms with Crippen molar-refractivity contribution >= 4 is 6.09 Å². The zero-order valence-corrected chi connectivity index (χ0v) is 11.2. The number of nitrogens with one attached hydrogen (secondary N) is 1. The number of hydrogen-bond acceptors (Lipinski definition) is 3. The summed E-state index contributed by atoms with van der Waals surface area (Å²) >= 11 is 0. The first-order valence-electron chi connectivity index (χ1n) is 6.54. The number of benzene rings is 1. The van der Waals surface area contributed by atoms with E-state index in [-0.39, 0.29) is 6.61 Å². The van der Waals surface area contributed by atoms with Crippen LogP contribution in [-0.2, 0) is 4.74 Å². The number of carbonyl (C=O) groups excluding carboxylic acids is 1. The standard InChI is InChI=1S/C15H22N2O2/c1-2-12-19-15(18)17-11-9-14(8-10-16)13-6-4-3-5-7-13/h2-7,14H,1,8-12,16H2,(H,17,18)/t14-/m0/s1. The molecular formula is C15H22N2O2. The van der Waals surface area contributed by atoms with Crippen LogP contribution in [0.1, 0.15) is 24.3 Å². The Hall–Kier alpha value is -1.81. The highest BCUT2D eigenvalue weighted by Crippen LogP contribution is 2.21. The molecule has 0 fully saturated rings. The van der Waals surface area contributed by atoms with Gasteiger partial charge in [-0.1, -0.05) is 43.0 Å². The van der Waals surface area contributed by atoms with Crippen molar-refractivity contribution in [1.82, 2.24) is 5.32 Å². The van der Waals surface area contributed by atoms with E-state index in [2.05, 4.69) is 24.0 Å². The number of hydrogen-bond donors (Lipinski definition) is 2. The van der Waals surface area contributed by atoms with Crippen molar-refractivity contribution in [2.75, 3.05) is 19.7 Å². The van der Waals surface area contributed by atoms with Gasteiger partial charge in [-0.25, -0.2) is 4.79 Å². The Bertz CT molecular complexity index is 379. The summed E-state index contributed by atoms with van der Waals surface area (Å²) in [7, 11) is 0. The molecule has 0 aliphatic carbocycles. The van der Waals surface area contributed by atoms with E-state index < -0.39 is 6.09 Å². The van der Waals surface area contributed by atoms with Gasteiger partial charge in [-0.2, -0.15) is 0 Å². The summed E-state index contributed by atoms with van der Waals surface area (Å²) in [6.07, 6.45) is 2.90. The maximum atomic E-state index is 11.3. The van der Waals surface area contributed by atoms with Crippen LogP contribution in [0.25, 0.3) is 0 Å². The van der Waals surface area contributed by atoms with E-state index in [9.17, 15) is 4.79 Å². The number of amides is 1. The van der Waals surface area contributed by atoms with Crippen molar-refractivity contribution in [3.63, 3.8) is 0 Å². The molecule has 19 heavy (non-hydrogen) atoms. The topological polar surface area (TPSA) is 64.3 Å². The first kappa shape index (κ1) is 15.2. The molecule has 1 atom stereocenters. The van der Waals surface area contributed by atoms with Crippen LogP contribution in [-0.4, -0.2) is 25.8 Å². The van der Waals surface area contributed by atoms with E-state index in [0.29, 0.717) is 19.0 Å². The predicted octanol–water partition coefficient (Wildman–Crippen LogP) is 2.42. The fourth-order valence-corrected chi connectivity index (χ4v) is 1.94. The van der Waals surface area contributed by atoms with E-state index >= 15 is 0 Å². The molecule has 0 aromatic heterocycles. The molecular weight excluding hydrogens is 240 g/mol. The van der Waals surface area contributed by atoms with Crippen LogP contribution in [0.2, 0.25) is 0 Å². The summed E-state index contributed by atoms with van der Waals surface area (Å²) in [5, 5.41) is 2.73. The Labute approximate surface area is 114 Å². The van der Waals surface area contributed by atoms with Gasteiger partial charge >= 0.3 is 6.09 Å². The van der Waals surface area contributed by atoms with Crippen LogP contribution in [0.4, 0.5) is 4.79 Å². The predicted molar refractivity (Wildman–Crippen MR) is 77.0 cm³/mol.